The number of nitrogens with zero attached hydrogens (tertiary/aromatic N) is 1. The zero-order valence-corrected chi connectivity index (χ0v) is 12.8. The first-order valence-corrected chi connectivity index (χ1v) is 7.88. The minimum Gasteiger partial charge on any atom is -0.376 e. The number of hydrogen-bond acceptors (Lipinski definition) is 2. The molecule has 0 radical (unpaired) electrons. The molecular formula is C17H20F3NO2. The molecule has 0 bridgehead atoms. The topological polar surface area (TPSA) is 40.5 Å². The van der Waals surface area contributed by atoms with Gasteiger partial charge in [0.2, 0.25) is 5.91 Å². The zero-order valence-electron chi connectivity index (χ0n) is 12.8. The largest absolute Gasteiger partial charge is 0.421 e. The molecule has 1 aromatic rings. The molecule has 1 amide bonds. The molecule has 1 saturated carbocycles. The molecule has 2 aliphatic rings. The first-order valence-electron chi connectivity index (χ1n) is 7.88. The summed E-state index contributed by atoms with van der Waals surface area (Å²) >= 11 is 0. The fourth-order valence-electron chi connectivity index (χ4n) is 3.64. The van der Waals surface area contributed by atoms with Crippen LogP contribution in [0, 0.1) is 5.41 Å². The summed E-state index contributed by atoms with van der Waals surface area (Å²) in [7, 11) is 0. The highest BCUT2D eigenvalue weighted by Crippen LogP contribution is 2.49. The minimum absolute atomic E-state index is 0.124. The standard InChI is InChI=1S/C17H20F3NO2/c18-17(19,20)16(23,13-5-2-1-3-6-13)11-14(22)21-10-9-15(12-21)7-4-8-15/h1-3,5-6,23H,4,7-12H2. The number of hydrogen-bond donors (Lipinski definition) is 1. The Morgan fingerprint density at radius 3 is 2.30 bits per heavy atom. The van der Waals surface area contributed by atoms with E-state index < -0.39 is 24.1 Å². The van der Waals surface area contributed by atoms with E-state index in [9.17, 15) is 23.1 Å². The quantitative estimate of drug-likeness (QED) is 0.926. The summed E-state index contributed by atoms with van der Waals surface area (Å²) in [6.07, 6.45) is -1.81. The van der Waals surface area contributed by atoms with Crippen molar-refractivity contribution in [3.05, 3.63) is 35.9 Å². The molecule has 1 aromatic carbocycles. The maximum atomic E-state index is 13.4. The second-order valence-corrected chi connectivity index (χ2v) is 6.82. The zero-order chi connectivity index (χ0) is 16.7. The first-order chi connectivity index (χ1) is 10.8. The fourth-order valence-corrected chi connectivity index (χ4v) is 3.64. The molecule has 1 heterocycles. The summed E-state index contributed by atoms with van der Waals surface area (Å²) in [5.41, 5.74) is -3.31. The summed E-state index contributed by atoms with van der Waals surface area (Å²) in [4.78, 5) is 13.9. The van der Waals surface area contributed by atoms with Gasteiger partial charge in [0.25, 0.3) is 0 Å². The Kier molecular flexibility index (Phi) is 3.91. The molecule has 6 heteroatoms. The third-order valence-corrected chi connectivity index (χ3v) is 5.33. The Balaban J connectivity index is 1.78. The lowest BCUT2D eigenvalue weighted by Gasteiger charge is -2.38. The van der Waals surface area contributed by atoms with E-state index >= 15 is 0 Å². The predicted octanol–water partition coefficient (Wildman–Crippen LogP) is 3.23. The van der Waals surface area contributed by atoms with Crippen molar-refractivity contribution < 1.29 is 23.1 Å². The van der Waals surface area contributed by atoms with Crippen LogP contribution < -0.4 is 0 Å². The van der Waals surface area contributed by atoms with Gasteiger partial charge in [-0.25, -0.2) is 0 Å². The first kappa shape index (κ1) is 16.3. The highest BCUT2D eigenvalue weighted by Gasteiger charge is 2.57. The molecule has 2 fully saturated rings. The fraction of sp³-hybridized carbons (Fsp3) is 0.588. The smallest absolute Gasteiger partial charge is 0.376 e. The van der Waals surface area contributed by atoms with E-state index in [1.54, 1.807) is 6.07 Å². The maximum absolute atomic E-state index is 13.4. The third-order valence-electron chi connectivity index (χ3n) is 5.33. The van der Waals surface area contributed by atoms with Crippen molar-refractivity contribution in [3.8, 4) is 0 Å². The van der Waals surface area contributed by atoms with E-state index in [0.717, 1.165) is 25.7 Å². The van der Waals surface area contributed by atoms with Crippen molar-refractivity contribution in [2.45, 2.75) is 43.9 Å². The summed E-state index contributed by atoms with van der Waals surface area (Å²) in [5.74, 6) is -0.627. The van der Waals surface area contributed by atoms with Crippen LogP contribution in [-0.4, -0.2) is 35.2 Å². The van der Waals surface area contributed by atoms with Crippen LogP contribution in [0.2, 0.25) is 0 Å². The second-order valence-electron chi connectivity index (χ2n) is 6.82. The van der Waals surface area contributed by atoms with Crippen LogP contribution in [0.25, 0.3) is 0 Å². The number of aliphatic hydroxyl groups is 1. The van der Waals surface area contributed by atoms with Crippen LogP contribution in [0.1, 0.15) is 37.7 Å². The summed E-state index contributed by atoms with van der Waals surface area (Å²) in [6, 6.07) is 6.84. The van der Waals surface area contributed by atoms with Gasteiger partial charge in [0.05, 0.1) is 6.42 Å². The molecule has 1 N–H and O–H groups in total. The molecular weight excluding hydrogens is 307 g/mol. The Morgan fingerprint density at radius 1 is 1.17 bits per heavy atom. The Hall–Kier alpha value is -1.56. The summed E-state index contributed by atoms with van der Waals surface area (Å²) in [6.45, 7) is 1.01. The lowest BCUT2D eigenvalue weighted by atomic mass is 9.68. The molecule has 0 aromatic heterocycles. The van der Waals surface area contributed by atoms with Gasteiger partial charge in [0.1, 0.15) is 0 Å². The monoisotopic (exact) mass is 327 g/mol. The molecule has 1 unspecified atom stereocenters. The third kappa shape index (κ3) is 2.84. The summed E-state index contributed by atoms with van der Waals surface area (Å²) in [5, 5.41) is 10.3. The van der Waals surface area contributed by atoms with E-state index in [4.69, 9.17) is 0 Å². The van der Waals surface area contributed by atoms with Crippen molar-refractivity contribution in [2.75, 3.05) is 13.1 Å². The van der Waals surface area contributed by atoms with Crippen molar-refractivity contribution in [1.82, 2.24) is 4.90 Å². The van der Waals surface area contributed by atoms with Gasteiger partial charge < -0.3 is 10.0 Å². The predicted molar refractivity (Wildman–Crippen MR) is 78.5 cm³/mol. The molecule has 1 saturated heterocycles. The minimum atomic E-state index is -4.90. The van der Waals surface area contributed by atoms with Gasteiger partial charge in [-0.3, -0.25) is 4.79 Å². The van der Waals surface area contributed by atoms with Gasteiger partial charge in [-0.1, -0.05) is 36.8 Å². The highest BCUT2D eigenvalue weighted by atomic mass is 19.4. The molecule has 1 atom stereocenters. The second kappa shape index (κ2) is 5.51. The number of halogens is 3. The molecule has 3 rings (SSSR count). The lowest BCUT2D eigenvalue weighted by Crippen LogP contribution is -2.47. The van der Waals surface area contributed by atoms with Crippen LogP contribution in [0.5, 0.6) is 0 Å². The maximum Gasteiger partial charge on any atom is 0.421 e. The summed E-state index contributed by atoms with van der Waals surface area (Å²) < 4.78 is 40.3. The average Bonchev–Trinajstić information content (AvgIpc) is 2.92. The number of rotatable bonds is 3. The molecule has 1 aliphatic heterocycles. The van der Waals surface area contributed by atoms with Crippen LogP contribution in [0.15, 0.2) is 30.3 Å². The normalized spacial score (nSPS) is 22.7. The van der Waals surface area contributed by atoms with Crippen molar-refractivity contribution in [2.24, 2.45) is 5.41 Å². The lowest BCUT2D eigenvalue weighted by molar-refractivity contribution is -0.268. The van der Waals surface area contributed by atoms with E-state index in [1.807, 2.05) is 0 Å². The molecule has 1 spiro atoms. The Morgan fingerprint density at radius 2 is 1.83 bits per heavy atom. The van der Waals surface area contributed by atoms with Crippen molar-refractivity contribution >= 4 is 5.91 Å². The van der Waals surface area contributed by atoms with Gasteiger partial charge in [-0.05, 0) is 30.2 Å². The van der Waals surface area contributed by atoms with Gasteiger partial charge in [-0.2, -0.15) is 13.2 Å². The molecule has 1 aliphatic carbocycles. The van der Waals surface area contributed by atoms with Gasteiger partial charge in [-0.15, -0.1) is 0 Å². The van der Waals surface area contributed by atoms with E-state index in [1.165, 1.54) is 29.2 Å². The average molecular weight is 327 g/mol. The number of amides is 1. The van der Waals surface area contributed by atoms with Crippen molar-refractivity contribution in [3.63, 3.8) is 0 Å². The highest BCUT2D eigenvalue weighted by molar-refractivity contribution is 5.78. The number of carbonyl (C=O) groups is 1. The van der Waals surface area contributed by atoms with Gasteiger partial charge >= 0.3 is 6.18 Å². The van der Waals surface area contributed by atoms with Crippen LogP contribution in [0.3, 0.4) is 0 Å². The van der Waals surface area contributed by atoms with Crippen LogP contribution in [0.4, 0.5) is 13.2 Å². The van der Waals surface area contributed by atoms with Crippen molar-refractivity contribution in [1.29, 1.82) is 0 Å². The Bertz CT molecular complexity index is 583. The Labute approximate surface area is 133 Å². The molecule has 126 valence electrons. The number of carbonyl (C=O) groups excluding carboxylic acids is 1. The molecule has 3 nitrogen and oxygen atoms in total. The van der Waals surface area contributed by atoms with E-state index in [0.29, 0.717) is 13.1 Å². The van der Waals surface area contributed by atoms with E-state index in [-0.39, 0.29) is 11.0 Å². The SMILES string of the molecule is O=C(CC(O)(c1ccccc1)C(F)(F)F)N1CCC2(CCC2)C1. The van der Waals surface area contributed by atoms with Crippen LogP contribution >= 0.6 is 0 Å². The number of benzene rings is 1. The van der Waals surface area contributed by atoms with Gasteiger partial charge in [0, 0.05) is 13.1 Å². The number of alkyl halides is 3. The number of likely N-dealkylation sites (tertiary alicyclic amines) is 1. The molecule has 23 heavy (non-hydrogen) atoms. The van der Waals surface area contributed by atoms with Crippen LogP contribution in [-0.2, 0) is 10.4 Å². The van der Waals surface area contributed by atoms with E-state index in [2.05, 4.69) is 0 Å². The van der Waals surface area contributed by atoms with Gasteiger partial charge in [0.15, 0.2) is 5.60 Å².